The van der Waals surface area contributed by atoms with Gasteiger partial charge in [0.05, 0.1) is 23.1 Å². The summed E-state index contributed by atoms with van der Waals surface area (Å²) >= 11 is 0. The topological polar surface area (TPSA) is 80.4 Å². The van der Waals surface area contributed by atoms with E-state index in [0.29, 0.717) is 18.4 Å². The van der Waals surface area contributed by atoms with Gasteiger partial charge >= 0.3 is 0 Å². The van der Waals surface area contributed by atoms with Gasteiger partial charge in [0.15, 0.2) is 0 Å². The lowest BCUT2D eigenvalue weighted by molar-refractivity contribution is 0.607. The van der Waals surface area contributed by atoms with Gasteiger partial charge in [-0.15, -0.1) is 0 Å². The molecule has 1 atom stereocenters. The van der Waals surface area contributed by atoms with Crippen LogP contribution < -0.4 is 5.56 Å². The lowest BCUT2D eigenvalue weighted by Gasteiger charge is -2.23. The molecule has 1 unspecified atom stereocenters. The zero-order valence-electron chi connectivity index (χ0n) is 14.8. The van der Waals surface area contributed by atoms with Gasteiger partial charge in [-0.3, -0.25) is 4.79 Å². The molecule has 0 saturated heterocycles. The van der Waals surface area contributed by atoms with Crippen molar-refractivity contribution in [1.82, 2.24) is 4.98 Å². The first kappa shape index (κ1) is 17.5. The van der Waals surface area contributed by atoms with E-state index in [4.69, 9.17) is 5.26 Å². The second-order valence-corrected chi connectivity index (χ2v) is 6.71. The van der Waals surface area contributed by atoms with Gasteiger partial charge in [0.1, 0.15) is 0 Å². The van der Waals surface area contributed by atoms with E-state index in [-0.39, 0.29) is 5.56 Å². The third-order valence-electron chi connectivity index (χ3n) is 4.80. The van der Waals surface area contributed by atoms with Gasteiger partial charge in [-0.25, -0.2) is 0 Å². The quantitative estimate of drug-likeness (QED) is 0.779. The first-order valence-corrected chi connectivity index (χ1v) is 8.56. The Morgan fingerprint density at radius 3 is 2.62 bits per heavy atom. The Balaban J connectivity index is 2.05. The van der Waals surface area contributed by atoms with Crippen molar-refractivity contribution in [2.24, 2.45) is 0 Å². The number of nitrogens with zero attached hydrogens (tertiary/aromatic N) is 2. The summed E-state index contributed by atoms with van der Waals surface area (Å²) in [6, 6.07) is 19.5. The number of nitriles is 2. The molecule has 3 rings (SSSR count). The van der Waals surface area contributed by atoms with Crippen molar-refractivity contribution in [3.8, 4) is 12.1 Å². The highest BCUT2D eigenvalue weighted by Gasteiger charge is 2.27. The normalized spacial score (nSPS) is 12.9. The van der Waals surface area contributed by atoms with Gasteiger partial charge in [-0.1, -0.05) is 31.2 Å². The predicted octanol–water partition coefficient (Wildman–Crippen LogP) is 3.99. The molecule has 2 aromatic carbocycles. The summed E-state index contributed by atoms with van der Waals surface area (Å²) in [5.41, 5.74) is 2.99. The number of aromatic nitrogens is 1. The van der Waals surface area contributed by atoms with Gasteiger partial charge in [0, 0.05) is 11.1 Å². The van der Waals surface area contributed by atoms with Crippen LogP contribution in [-0.2, 0) is 18.3 Å². The molecule has 0 fully saturated rings. The Bertz CT molecular complexity index is 1110. The number of H-pyrrole nitrogens is 1. The molecule has 26 heavy (non-hydrogen) atoms. The monoisotopic (exact) mass is 341 g/mol. The minimum atomic E-state index is -0.761. The van der Waals surface area contributed by atoms with Crippen LogP contribution in [0.4, 0.5) is 0 Å². The fourth-order valence-electron chi connectivity index (χ4n) is 3.22. The molecular formula is C22H19N3O. The second-order valence-electron chi connectivity index (χ2n) is 6.71. The molecule has 4 heteroatoms. The smallest absolute Gasteiger partial charge is 0.251 e. The SMILES string of the molecule is CCc1cc2ccc(C(C)(C#N)Cc3cccc(C#N)c3)cc2[nH]c1=O. The molecule has 0 aliphatic rings. The molecule has 1 aromatic heterocycles. The van der Waals surface area contributed by atoms with E-state index in [1.54, 1.807) is 6.07 Å². The Labute approximate surface area is 152 Å². The third-order valence-corrected chi connectivity index (χ3v) is 4.80. The standard InChI is InChI=1S/C22H19N3O/c1-3-17-10-18-7-8-19(11-20(18)25-21(17)26)22(2,14-24)12-15-5-4-6-16(9-15)13-23/h4-11H,3,12H2,1-2H3,(H,25,26). The number of fused-ring (bicyclic) bond motifs is 1. The maximum atomic E-state index is 12.1. The molecule has 0 saturated carbocycles. The lowest BCUT2D eigenvalue weighted by Crippen LogP contribution is -2.23. The Morgan fingerprint density at radius 1 is 1.12 bits per heavy atom. The maximum absolute atomic E-state index is 12.1. The number of rotatable bonds is 4. The molecule has 1 heterocycles. The van der Waals surface area contributed by atoms with E-state index < -0.39 is 5.41 Å². The summed E-state index contributed by atoms with van der Waals surface area (Å²) in [5, 5.41) is 19.9. The van der Waals surface area contributed by atoms with Gasteiger partial charge in [0.25, 0.3) is 5.56 Å². The van der Waals surface area contributed by atoms with Crippen LogP contribution in [0.5, 0.6) is 0 Å². The average Bonchev–Trinajstić information content (AvgIpc) is 2.67. The number of aromatic amines is 1. The Hall–Kier alpha value is -3.37. The van der Waals surface area contributed by atoms with Crippen LogP contribution >= 0.6 is 0 Å². The average molecular weight is 341 g/mol. The molecule has 0 aliphatic carbocycles. The van der Waals surface area contributed by atoms with E-state index in [1.165, 1.54) is 0 Å². The van der Waals surface area contributed by atoms with Crippen LogP contribution in [0.1, 0.15) is 36.1 Å². The van der Waals surface area contributed by atoms with E-state index in [2.05, 4.69) is 17.1 Å². The van der Waals surface area contributed by atoms with E-state index in [0.717, 1.165) is 27.6 Å². The van der Waals surface area contributed by atoms with Gasteiger partial charge in [-0.05, 0) is 60.5 Å². The second kappa shape index (κ2) is 6.86. The Kier molecular flexibility index (Phi) is 4.61. The van der Waals surface area contributed by atoms with Gasteiger partial charge < -0.3 is 4.98 Å². The molecule has 3 aromatic rings. The third kappa shape index (κ3) is 3.23. The lowest BCUT2D eigenvalue weighted by atomic mass is 9.78. The summed E-state index contributed by atoms with van der Waals surface area (Å²) in [5.74, 6) is 0. The predicted molar refractivity (Wildman–Crippen MR) is 102 cm³/mol. The van der Waals surface area contributed by atoms with Crippen LogP contribution in [0.25, 0.3) is 10.9 Å². The molecule has 0 spiro atoms. The molecule has 0 aliphatic heterocycles. The van der Waals surface area contributed by atoms with Crippen molar-refractivity contribution in [1.29, 1.82) is 10.5 Å². The van der Waals surface area contributed by atoms with Crippen molar-refractivity contribution < 1.29 is 0 Å². The molecule has 0 bridgehead atoms. The van der Waals surface area contributed by atoms with Crippen molar-refractivity contribution in [2.45, 2.75) is 32.1 Å². The minimum Gasteiger partial charge on any atom is -0.322 e. The summed E-state index contributed by atoms with van der Waals surface area (Å²) in [4.78, 5) is 15.0. The zero-order chi connectivity index (χ0) is 18.7. The Morgan fingerprint density at radius 2 is 1.92 bits per heavy atom. The molecule has 1 N–H and O–H groups in total. The first-order chi connectivity index (χ1) is 12.5. The number of pyridine rings is 1. The number of benzene rings is 2. The van der Waals surface area contributed by atoms with Gasteiger partial charge in [0.2, 0.25) is 0 Å². The summed E-state index contributed by atoms with van der Waals surface area (Å²) in [6.45, 7) is 3.83. The number of hydrogen-bond donors (Lipinski definition) is 1. The van der Waals surface area contributed by atoms with Crippen LogP contribution in [0.3, 0.4) is 0 Å². The maximum Gasteiger partial charge on any atom is 0.251 e. The van der Waals surface area contributed by atoms with Crippen molar-refractivity contribution in [3.63, 3.8) is 0 Å². The highest BCUT2D eigenvalue weighted by molar-refractivity contribution is 5.80. The number of aryl methyl sites for hydroxylation is 1. The van der Waals surface area contributed by atoms with Crippen molar-refractivity contribution >= 4 is 10.9 Å². The summed E-state index contributed by atoms with van der Waals surface area (Å²) in [6.07, 6.45) is 1.17. The van der Waals surface area contributed by atoms with Crippen molar-refractivity contribution in [2.75, 3.05) is 0 Å². The number of hydrogen-bond acceptors (Lipinski definition) is 3. The van der Waals surface area contributed by atoms with E-state index in [9.17, 15) is 10.1 Å². The fraction of sp³-hybridized carbons (Fsp3) is 0.227. The summed E-state index contributed by atoms with van der Waals surface area (Å²) in [7, 11) is 0. The molecular weight excluding hydrogens is 322 g/mol. The van der Waals surface area contributed by atoms with Gasteiger partial charge in [-0.2, -0.15) is 10.5 Å². The van der Waals surface area contributed by atoms with Crippen LogP contribution in [0, 0.1) is 22.7 Å². The van der Waals surface area contributed by atoms with E-state index in [1.807, 2.05) is 56.3 Å². The van der Waals surface area contributed by atoms with Crippen LogP contribution in [0.15, 0.2) is 53.3 Å². The number of nitrogens with one attached hydrogen (secondary N) is 1. The minimum absolute atomic E-state index is 0.0856. The summed E-state index contributed by atoms with van der Waals surface area (Å²) < 4.78 is 0. The van der Waals surface area contributed by atoms with Crippen molar-refractivity contribution in [3.05, 3.63) is 81.1 Å². The molecule has 128 valence electrons. The van der Waals surface area contributed by atoms with Crippen LogP contribution in [0.2, 0.25) is 0 Å². The molecule has 4 nitrogen and oxygen atoms in total. The van der Waals surface area contributed by atoms with Crippen LogP contribution in [-0.4, -0.2) is 4.98 Å². The molecule has 0 amide bonds. The highest BCUT2D eigenvalue weighted by Crippen LogP contribution is 2.30. The molecule has 0 radical (unpaired) electrons. The largest absolute Gasteiger partial charge is 0.322 e. The first-order valence-electron chi connectivity index (χ1n) is 8.56. The highest BCUT2D eigenvalue weighted by atomic mass is 16.1. The van der Waals surface area contributed by atoms with E-state index >= 15 is 0 Å². The fourth-order valence-corrected chi connectivity index (χ4v) is 3.22. The zero-order valence-corrected chi connectivity index (χ0v) is 14.8.